The van der Waals surface area contributed by atoms with Gasteiger partial charge in [-0.1, -0.05) is 30.3 Å². The number of piperidine rings is 1. The van der Waals surface area contributed by atoms with Crippen LogP contribution < -0.4 is 11.0 Å². The van der Waals surface area contributed by atoms with E-state index in [4.69, 9.17) is 4.74 Å². The molecule has 0 amide bonds. The fourth-order valence-electron chi connectivity index (χ4n) is 4.73. The van der Waals surface area contributed by atoms with Gasteiger partial charge in [0.25, 0.3) is 5.95 Å². The van der Waals surface area contributed by atoms with E-state index in [1.165, 1.54) is 18.6 Å². The van der Waals surface area contributed by atoms with Crippen molar-refractivity contribution in [1.82, 2.24) is 20.1 Å². The van der Waals surface area contributed by atoms with Crippen molar-refractivity contribution < 1.29 is 39.5 Å². The quantitative estimate of drug-likeness (QED) is 0.244. The van der Waals surface area contributed by atoms with Crippen molar-refractivity contribution in [3.8, 4) is 0 Å². The van der Waals surface area contributed by atoms with Crippen LogP contribution >= 0.6 is 0 Å². The lowest BCUT2D eigenvalue weighted by molar-refractivity contribution is -0.143. The maximum Gasteiger partial charge on any atom is 0.416 e. The minimum atomic E-state index is -4.98. The number of aromatic amines is 1. The minimum Gasteiger partial charge on any atom is -0.372 e. The molecule has 2 N–H and O–H groups in total. The second kappa shape index (κ2) is 12.0. The van der Waals surface area contributed by atoms with Crippen LogP contribution in [0, 0.1) is 0 Å². The van der Waals surface area contributed by atoms with Gasteiger partial charge in [-0.3, -0.25) is 8.75 Å². The molecule has 0 bridgehead atoms. The Bertz CT molecular complexity index is 1460. The molecule has 16 heteroatoms. The number of hydrogen-bond donors (Lipinski definition) is 3. The van der Waals surface area contributed by atoms with E-state index in [0.29, 0.717) is 25.0 Å². The molecule has 2 aromatic carbocycles. The second-order valence-electron chi connectivity index (χ2n) is 9.53. The summed E-state index contributed by atoms with van der Waals surface area (Å²) in [6, 6.07) is 9.93. The fraction of sp³-hybridized carbons (Fsp3) is 0.440. The predicted octanol–water partition coefficient (Wildman–Crippen LogP) is 5.06. The summed E-state index contributed by atoms with van der Waals surface area (Å²) in [7, 11) is -1.24. The standard InChI is InChI=1S/C25H27F6N5O4S/c1-15(16-10-18(24(26,27)28)12-19(11-16)25(29,30)31)40-14-23(17-6-4-3-5-7-17)9-8-20(13-32-23)36-21(33-34-22(36)37)35-41(38)39-2/h3-7,10-12,15,20,32,41H,8-9,13-14H2,1-2H3,(H,34,37)/t15-,20+,23-/m1/s1. The first-order valence-corrected chi connectivity index (χ1v) is 13.5. The third-order valence-corrected chi connectivity index (χ3v) is 7.60. The monoisotopic (exact) mass is 607 g/mol. The average molecular weight is 608 g/mol. The highest BCUT2D eigenvalue weighted by Crippen LogP contribution is 2.39. The summed E-state index contributed by atoms with van der Waals surface area (Å²) in [6.45, 7) is 1.48. The number of nitrogens with zero attached hydrogens (tertiary/aromatic N) is 3. The third-order valence-electron chi connectivity index (χ3n) is 6.94. The first kappa shape index (κ1) is 30.7. The van der Waals surface area contributed by atoms with Crippen LogP contribution in [0.5, 0.6) is 0 Å². The Morgan fingerprint density at radius 3 is 2.29 bits per heavy atom. The van der Waals surface area contributed by atoms with Crippen molar-refractivity contribution >= 4 is 16.8 Å². The number of alkyl halides is 6. The van der Waals surface area contributed by atoms with Gasteiger partial charge in [-0.25, -0.2) is 14.1 Å². The fourth-order valence-corrected chi connectivity index (χ4v) is 5.10. The van der Waals surface area contributed by atoms with Gasteiger partial charge < -0.3 is 10.1 Å². The number of rotatable bonds is 8. The average Bonchev–Trinajstić information content (AvgIpc) is 3.30. The van der Waals surface area contributed by atoms with Crippen LogP contribution in [0.2, 0.25) is 0 Å². The zero-order valence-corrected chi connectivity index (χ0v) is 22.7. The van der Waals surface area contributed by atoms with E-state index >= 15 is 0 Å². The molecule has 1 unspecified atom stereocenters. The van der Waals surface area contributed by atoms with E-state index in [9.17, 15) is 35.3 Å². The number of ether oxygens (including phenoxy) is 1. The largest absolute Gasteiger partial charge is 0.416 e. The van der Waals surface area contributed by atoms with Gasteiger partial charge in [-0.2, -0.15) is 26.3 Å². The Labute approximate surface area is 232 Å². The zero-order chi connectivity index (χ0) is 30.0. The lowest BCUT2D eigenvalue weighted by Crippen LogP contribution is -2.53. The minimum absolute atomic E-state index is 0.0751. The number of halogens is 6. The molecule has 1 fully saturated rings. The van der Waals surface area contributed by atoms with Crippen molar-refractivity contribution in [1.29, 1.82) is 0 Å². The Morgan fingerprint density at radius 2 is 1.76 bits per heavy atom. The molecule has 0 radical (unpaired) electrons. The molecule has 1 saturated heterocycles. The van der Waals surface area contributed by atoms with Crippen LogP contribution in [0.15, 0.2) is 57.7 Å². The molecule has 2 heterocycles. The maximum absolute atomic E-state index is 13.4. The number of aromatic nitrogens is 3. The summed E-state index contributed by atoms with van der Waals surface area (Å²) < 4.78 is 108. The van der Waals surface area contributed by atoms with Crippen molar-refractivity contribution in [2.75, 3.05) is 20.3 Å². The maximum atomic E-state index is 13.4. The smallest absolute Gasteiger partial charge is 0.372 e. The molecule has 1 aliphatic rings. The molecule has 224 valence electrons. The molecule has 9 nitrogen and oxygen atoms in total. The van der Waals surface area contributed by atoms with E-state index in [0.717, 1.165) is 5.56 Å². The van der Waals surface area contributed by atoms with Crippen molar-refractivity contribution in [2.45, 2.75) is 49.8 Å². The molecule has 4 atom stereocenters. The Kier molecular flexibility index (Phi) is 8.96. The van der Waals surface area contributed by atoms with E-state index in [1.54, 1.807) is 18.2 Å². The van der Waals surface area contributed by atoms with Gasteiger partial charge in [-0.05, 0) is 49.1 Å². The number of thiol groups is 1. The zero-order valence-electron chi connectivity index (χ0n) is 21.8. The number of H-pyrrole nitrogens is 1. The second-order valence-corrected chi connectivity index (χ2v) is 10.6. The van der Waals surface area contributed by atoms with E-state index < -0.39 is 57.7 Å². The molecular formula is C25H27F6N5O4S. The molecule has 3 aromatic rings. The van der Waals surface area contributed by atoms with E-state index in [1.807, 2.05) is 12.1 Å². The highest BCUT2D eigenvalue weighted by molar-refractivity contribution is 7.69. The summed E-state index contributed by atoms with van der Waals surface area (Å²) in [5.74, 6) is -0.105. The number of hydrogen-bond acceptors (Lipinski definition) is 7. The van der Waals surface area contributed by atoms with Gasteiger partial charge in [0.2, 0.25) is 0 Å². The summed E-state index contributed by atoms with van der Waals surface area (Å²) in [5.41, 5.74) is -3.79. The first-order chi connectivity index (χ1) is 19.2. The van der Waals surface area contributed by atoms with Crippen molar-refractivity contribution in [3.05, 3.63) is 81.3 Å². The van der Waals surface area contributed by atoms with Crippen molar-refractivity contribution in [2.24, 2.45) is 4.36 Å². The molecule has 41 heavy (non-hydrogen) atoms. The summed E-state index contributed by atoms with van der Waals surface area (Å²) in [4.78, 5) is 12.4. The molecule has 0 saturated carbocycles. The van der Waals surface area contributed by atoms with Gasteiger partial charge in [0.05, 0.1) is 42.5 Å². The van der Waals surface area contributed by atoms with E-state index in [-0.39, 0.29) is 30.7 Å². The van der Waals surface area contributed by atoms with Crippen LogP contribution in [-0.2, 0) is 37.7 Å². The van der Waals surface area contributed by atoms with Gasteiger partial charge in [0, 0.05) is 6.54 Å². The molecule has 0 aliphatic carbocycles. The molecule has 1 aliphatic heterocycles. The van der Waals surface area contributed by atoms with Gasteiger partial charge in [-0.15, -0.1) is 9.46 Å². The summed E-state index contributed by atoms with van der Waals surface area (Å²) in [6.07, 6.45) is -10.3. The highest BCUT2D eigenvalue weighted by atomic mass is 32.2. The van der Waals surface area contributed by atoms with Crippen LogP contribution in [0.3, 0.4) is 0 Å². The van der Waals surface area contributed by atoms with Gasteiger partial charge >= 0.3 is 18.0 Å². The van der Waals surface area contributed by atoms with Crippen LogP contribution in [0.4, 0.5) is 32.3 Å². The molecular weight excluding hydrogens is 580 g/mol. The molecule has 4 rings (SSSR count). The lowest BCUT2D eigenvalue weighted by atomic mass is 9.81. The van der Waals surface area contributed by atoms with Gasteiger partial charge in [0.1, 0.15) is 0 Å². The third kappa shape index (κ3) is 6.99. The summed E-state index contributed by atoms with van der Waals surface area (Å²) in [5, 5.41) is 9.42. The Hall–Kier alpha value is -3.21. The molecule has 0 spiro atoms. The first-order valence-electron chi connectivity index (χ1n) is 12.3. The lowest BCUT2D eigenvalue weighted by Gasteiger charge is -2.42. The van der Waals surface area contributed by atoms with Crippen LogP contribution in [-0.4, -0.2) is 39.2 Å². The van der Waals surface area contributed by atoms with E-state index in [2.05, 4.69) is 24.1 Å². The topological polar surface area (TPSA) is 111 Å². The summed E-state index contributed by atoms with van der Waals surface area (Å²) >= 11 is 0. The number of benzene rings is 2. The Morgan fingerprint density at radius 1 is 1.12 bits per heavy atom. The predicted molar refractivity (Wildman–Crippen MR) is 137 cm³/mol. The van der Waals surface area contributed by atoms with Crippen LogP contribution in [0.1, 0.15) is 54.2 Å². The normalized spacial score (nSPS) is 21.6. The van der Waals surface area contributed by atoms with Gasteiger partial charge in [0.15, 0.2) is 10.9 Å². The SMILES string of the molecule is CO[SH](=O)=Nc1n[nH]c(=O)n1[C@H]1CC[C@@](CO[C@H](C)c2cc(C(F)(F)F)cc(C(F)(F)F)c2)(c2ccccc2)NC1. The Balaban J connectivity index is 1.60. The number of nitrogens with one attached hydrogen (secondary N) is 2. The highest BCUT2D eigenvalue weighted by Gasteiger charge is 2.40. The van der Waals surface area contributed by atoms with Crippen molar-refractivity contribution in [3.63, 3.8) is 0 Å². The van der Waals surface area contributed by atoms with Crippen LogP contribution in [0.25, 0.3) is 0 Å². The molecule has 1 aromatic heterocycles.